The van der Waals surface area contributed by atoms with E-state index >= 15 is 0 Å². The molecule has 1 atom stereocenters. The second kappa shape index (κ2) is 6.10. The maximum Gasteiger partial charge on any atom is 0.135 e. The van der Waals surface area contributed by atoms with Gasteiger partial charge in [0.1, 0.15) is 11.2 Å². The molecule has 1 unspecified atom stereocenters. The summed E-state index contributed by atoms with van der Waals surface area (Å²) in [5.41, 5.74) is 1.98. The van der Waals surface area contributed by atoms with E-state index in [0.717, 1.165) is 15.6 Å². The van der Waals surface area contributed by atoms with Crippen LogP contribution in [0.1, 0.15) is 11.1 Å². The zero-order valence-electron chi connectivity index (χ0n) is 9.01. The van der Waals surface area contributed by atoms with E-state index < -0.39 is 11.2 Å². The van der Waals surface area contributed by atoms with Gasteiger partial charge in [-0.15, -0.1) is 0 Å². The molecular weight excluding hydrogens is 300 g/mol. The van der Waals surface area contributed by atoms with Crippen LogP contribution in [-0.2, 0) is 16.9 Å². The van der Waals surface area contributed by atoms with Crippen molar-refractivity contribution < 1.29 is 8.97 Å². The van der Waals surface area contributed by atoms with Crippen molar-refractivity contribution >= 4 is 33.2 Å². The standard InChI is InChI=1S/C13H11BrO2S/c14-13-3-1-12(2-4-13)10-17(15)8-6-11-5-7-16-9-11/h1-9H,10H2/b8-6+. The van der Waals surface area contributed by atoms with Gasteiger partial charge in [0.2, 0.25) is 0 Å². The molecule has 2 aromatic rings. The molecule has 88 valence electrons. The van der Waals surface area contributed by atoms with Crippen molar-refractivity contribution in [2.75, 3.05) is 0 Å². The van der Waals surface area contributed by atoms with Gasteiger partial charge in [-0.05, 0) is 35.5 Å². The molecule has 0 saturated carbocycles. The fraction of sp³-hybridized carbons (Fsp3) is 0.0769. The number of furan rings is 1. The number of halogens is 1. The van der Waals surface area contributed by atoms with Crippen molar-refractivity contribution in [3.05, 3.63) is 63.9 Å². The Labute approximate surface area is 112 Å². The third-order valence-corrected chi connectivity index (χ3v) is 3.76. The zero-order valence-corrected chi connectivity index (χ0v) is 11.4. The molecule has 0 saturated heterocycles. The summed E-state index contributed by atoms with van der Waals surface area (Å²) in [5.74, 6) is 0.529. The summed E-state index contributed by atoms with van der Waals surface area (Å²) in [6.07, 6.45) is 5.02. The molecule has 0 aliphatic carbocycles. The molecule has 0 aliphatic rings. The Balaban J connectivity index is 1.93. The first kappa shape index (κ1) is 12.5. The number of hydrogen-bond acceptors (Lipinski definition) is 2. The Kier molecular flexibility index (Phi) is 4.48. The first-order valence-corrected chi connectivity index (χ1v) is 7.23. The number of benzene rings is 1. The topological polar surface area (TPSA) is 36.2 Å². The SMILES string of the molecule is [O-][S+](/C=C/c1ccoc1)Cc1ccc(Br)cc1. The van der Waals surface area contributed by atoms with Gasteiger partial charge in [-0.3, -0.25) is 0 Å². The molecule has 17 heavy (non-hydrogen) atoms. The second-order valence-electron chi connectivity index (χ2n) is 3.51. The summed E-state index contributed by atoms with van der Waals surface area (Å²) in [4.78, 5) is 0. The monoisotopic (exact) mass is 310 g/mol. The van der Waals surface area contributed by atoms with Crippen molar-refractivity contribution in [2.45, 2.75) is 5.75 Å². The summed E-state index contributed by atoms with van der Waals surface area (Å²) < 4.78 is 17.7. The van der Waals surface area contributed by atoms with E-state index in [0.29, 0.717) is 5.75 Å². The highest BCUT2D eigenvalue weighted by molar-refractivity contribution is 9.10. The van der Waals surface area contributed by atoms with E-state index in [1.165, 1.54) is 0 Å². The summed E-state index contributed by atoms with van der Waals surface area (Å²) in [6, 6.07) is 9.66. The van der Waals surface area contributed by atoms with Crippen LogP contribution in [0, 0.1) is 0 Å². The van der Waals surface area contributed by atoms with Crippen LogP contribution in [0.25, 0.3) is 6.08 Å². The molecule has 1 aromatic heterocycles. The van der Waals surface area contributed by atoms with Gasteiger partial charge in [0.25, 0.3) is 0 Å². The highest BCUT2D eigenvalue weighted by atomic mass is 79.9. The molecule has 1 aromatic carbocycles. The van der Waals surface area contributed by atoms with E-state index in [1.54, 1.807) is 24.0 Å². The van der Waals surface area contributed by atoms with Gasteiger partial charge >= 0.3 is 0 Å². The summed E-state index contributed by atoms with van der Waals surface area (Å²) in [5, 5.41) is 1.69. The van der Waals surface area contributed by atoms with Gasteiger partial charge < -0.3 is 8.97 Å². The smallest absolute Gasteiger partial charge is 0.135 e. The predicted molar refractivity (Wildman–Crippen MR) is 73.7 cm³/mol. The molecule has 0 bridgehead atoms. The Hall–Kier alpha value is -0.970. The first-order valence-electron chi connectivity index (χ1n) is 5.06. The molecule has 2 rings (SSSR count). The van der Waals surface area contributed by atoms with Gasteiger partial charge in [-0.1, -0.05) is 28.1 Å². The van der Waals surface area contributed by atoms with E-state index in [1.807, 2.05) is 30.3 Å². The highest BCUT2D eigenvalue weighted by Crippen LogP contribution is 2.14. The van der Waals surface area contributed by atoms with Gasteiger partial charge in [0.15, 0.2) is 0 Å². The van der Waals surface area contributed by atoms with Crippen molar-refractivity contribution in [1.29, 1.82) is 0 Å². The molecule has 4 heteroatoms. The maximum absolute atomic E-state index is 11.8. The van der Waals surface area contributed by atoms with Crippen LogP contribution in [0.2, 0.25) is 0 Å². The molecule has 0 fully saturated rings. The molecular formula is C13H11BrO2S. The molecule has 0 spiro atoms. The van der Waals surface area contributed by atoms with Crippen molar-refractivity contribution in [3.8, 4) is 0 Å². The third kappa shape index (κ3) is 4.07. The Morgan fingerprint density at radius 1 is 1.24 bits per heavy atom. The molecule has 0 radical (unpaired) electrons. The summed E-state index contributed by atoms with van der Waals surface area (Å²) >= 11 is 2.37. The number of hydrogen-bond donors (Lipinski definition) is 0. The van der Waals surface area contributed by atoms with E-state index in [2.05, 4.69) is 15.9 Å². The van der Waals surface area contributed by atoms with Crippen LogP contribution >= 0.6 is 15.9 Å². The Bertz CT molecular complexity index is 477. The molecule has 1 heterocycles. The zero-order chi connectivity index (χ0) is 12.1. The van der Waals surface area contributed by atoms with Crippen molar-refractivity contribution in [2.24, 2.45) is 0 Å². The number of rotatable bonds is 4. The minimum atomic E-state index is -1.000. The van der Waals surface area contributed by atoms with Gasteiger partial charge in [-0.2, -0.15) is 0 Å². The van der Waals surface area contributed by atoms with Crippen molar-refractivity contribution in [3.63, 3.8) is 0 Å². The van der Waals surface area contributed by atoms with Crippen LogP contribution in [0.4, 0.5) is 0 Å². The molecule has 0 aliphatic heterocycles. The average Bonchev–Trinajstić information content (AvgIpc) is 2.83. The average molecular weight is 311 g/mol. The fourth-order valence-electron chi connectivity index (χ4n) is 1.32. The van der Waals surface area contributed by atoms with Crippen LogP contribution < -0.4 is 0 Å². The van der Waals surface area contributed by atoms with Crippen LogP contribution in [0.3, 0.4) is 0 Å². The lowest BCUT2D eigenvalue weighted by Gasteiger charge is -2.05. The highest BCUT2D eigenvalue weighted by Gasteiger charge is 2.03. The Morgan fingerprint density at radius 3 is 2.65 bits per heavy atom. The van der Waals surface area contributed by atoms with E-state index in [4.69, 9.17) is 4.42 Å². The molecule has 2 nitrogen and oxygen atoms in total. The van der Waals surface area contributed by atoms with E-state index in [-0.39, 0.29) is 0 Å². The van der Waals surface area contributed by atoms with Crippen molar-refractivity contribution in [1.82, 2.24) is 0 Å². The first-order chi connectivity index (χ1) is 8.24. The largest absolute Gasteiger partial charge is 0.612 e. The Morgan fingerprint density at radius 2 is 2.00 bits per heavy atom. The van der Waals surface area contributed by atoms with Crippen LogP contribution in [0.15, 0.2) is 57.2 Å². The maximum atomic E-state index is 11.8. The van der Waals surface area contributed by atoms with E-state index in [9.17, 15) is 4.55 Å². The fourth-order valence-corrected chi connectivity index (χ4v) is 2.51. The minimum absolute atomic E-state index is 0.529. The van der Waals surface area contributed by atoms with Gasteiger partial charge in [0.05, 0.1) is 12.5 Å². The second-order valence-corrected chi connectivity index (χ2v) is 5.75. The lowest BCUT2D eigenvalue weighted by Crippen LogP contribution is -1.99. The predicted octanol–water partition coefficient (Wildman–Crippen LogP) is 3.96. The molecule has 0 amide bonds. The quantitative estimate of drug-likeness (QED) is 0.801. The summed E-state index contributed by atoms with van der Waals surface area (Å²) in [7, 11) is 0. The van der Waals surface area contributed by atoms with Crippen LogP contribution in [0.5, 0.6) is 0 Å². The third-order valence-electron chi connectivity index (χ3n) is 2.18. The minimum Gasteiger partial charge on any atom is -0.612 e. The molecule has 0 N–H and O–H groups in total. The lowest BCUT2D eigenvalue weighted by atomic mass is 10.2. The summed E-state index contributed by atoms with van der Waals surface area (Å²) in [6.45, 7) is 0. The lowest BCUT2D eigenvalue weighted by molar-refractivity contribution is 0.567. The normalized spacial score (nSPS) is 13.1. The van der Waals surface area contributed by atoms with Crippen LogP contribution in [-0.4, -0.2) is 4.55 Å². The van der Waals surface area contributed by atoms with Gasteiger partial charge in [-0.25, -0.2) is 0 Å². The van der Waals surface area contributed by atoms with Gasteiger partial charge in [0, 0.05) is 15.6 Å².